The van der Waals surface area contributed by atoms with Crippen molar-refractivity contribution in [3.63, 3.8) is 0 Å². The third-order valence-corrected chi connectivity index (χ3v) is 11.2. The maximum Gasteiger partial charge on any atom is 0.407 e. The van der Waals surface area contributed by atoms with Crippen molar-refractivity contribution in [3.05, 3.63) is 81.4 Å². The zero-order valence-electron chi connectivity index (χ0n) is 35.6. The molecule has 350 valence electrons. The van der Waals surface area contributed by atoms with Gasteiger partial charge in [0.25, 0.3) is 0 Å². The highest BCUT2D eigenvalue weighted by molar-refractivity contribution is 6.31. The van der Waals surface area contributed by atoms with Crippen molar-refractivity contribution in [1.29, 1.82) is 0 Å². The molecule has 4 unspecified atom stereocenters. The summed E-state index contributed by atoms with van der Waals surface area (Å²) in [6.07, 6.45) is -6.76. The molecule has 2 aliphatic carbocycles. The Morgan fingerprint density at radius 2 is 1.62 bits per heavy atom. The van der Waals surface area contributed by atoms with E-state index < -0.39 is 108 Å². The van der Waals surface area contributed by atoms with Crippen LogP contribution in [0.25, 0.3) is 0 Å². The van der Waals surface area contributed by atoms with E-state index in [1.165, 1.54) is 37.4 Å². The Morgan fingerprint density at radius 1 is 0.908 bits per heavy atom. The molecule has 6 atom stereocenters. The molecule has 1 saturated heterocycles. The number of ether oxygens (including phenoxy) is 6. The van der Waals surface area contributed by atoms with Crippen LogP contribution in [-0.4, -0.2) is 144 Å². The predicted octanol–water partition coefficient (Wildman–Crippen LogP) is 1.04. The number of anilines is 1. The molecule has 0 aromatic heterocycles. The fourth-order valence-electron chi connectivity index (χ4n) is 7.82. The van der Waals surface area contributed by atoms with Gasteiger partial charge < -0.3 is 75.6 Å². The van der Waals surface area contributed by atoms with Gasteiger partial charge in [0.15, 0.2) is 23.6 Å². The maximum absolute atomic E-state index is 14.0. The van der Waals surface area contributed by atoms with E-state index in [0.29, 0.717) is 11.3 Å². The molecule has 3 aromatic rings. The normalized spacial score (nSPS) is 22.2. The molecule has 21 heteroatoms. The fourth-order valence-corrected chi connectivity index (χ4v) is 7.82. The molecule has 0 saturated carbocycles. The molecule has 6 rings (SSSR count). The lowest BCUT2D eigenvalue weighted by molar-refractivity contribution is -0.247. The molecule has 3 amide bonds. The van der Waals surface area contributed by atoms with Crippen LogP contribution in [0.15, 0.2) is 42.5 Å². The van der Waals surface area contributed by atoms with Crippen molar-refractivity contribution in [2.24, 2.45) is 5.73 Å². The van der Waals surface area contributed by atoms with Crippen LogP contribution in [-0.2, 0) is 46.3 Å². The van der Waals surface area contributed by atoms with E-state index in [9.17, 15) is 49.2 Å². The van der Waals surface area contributed by atoms with Gasteiger partial charge in [-0.25, -0.2) is 9.59 Å². The smallest absolute Gasteiger partial charge is 0.407 e. The second kappa shape index (κ2) is 21.3. The molecule has 10 N–H and O–H groups in total. The zero-order chi connectivity index (χ0) is 47.0. The van der Waals surface area contributed by atoms with Gasteiger partial charge in [-0.1, -0.05) is 24.3 Å². The van der Waals surface area contributed by atoms with Gasteiger partial charge >= 0.3 is 12.1 Å². The molecule has 3 aromatic carbocycles. The summed E-state index contributed by atoms with van der Waals surface area (Å²) in [5.74, 6) is -4.32. The number of hydrogen-bond donors (Lipinski definition) is 9. The van der Waals surface area contributed by atoms with Crippen molar-refractivity contribution in [2.45, 2.75) is 75.5 Å². The van der Waals surface area contributed by atoms with Crippen LogP contribution in [0, 0.1) is 0 Å². The number of fused-ring (bicyclic) bond motifs is 3. The van der Waals surface area contributed by atoms with Crippen molar-refractivity contribution < 1.29 is 82.7 Å². The topological polar surface area (TPSA) is 321 Å². The van der Waals surface area contributed by atoms with Crippen LogP contribution in [0.2, 0.25) is 0 Å². The minimum Gasteiger partial charge on any atom is -0.507 e. The number of Topliss-reactive ketones (excluding diaryl/α,β-unsaturated/α-hetero) is 2. The van der Waals surface area contributed by atoms with E-state index in [1.54, 1.807) is 19.1 Å². The van der Waals surface area contributed by atoms with Gasteiger partial charge in [-0.3, -0.25) is 19.2 Å². The van der Waals surface area contributed by atoms with Gasteiger partial charge in [0, 0.05) is 54.1 Å². The lowest BCUT2D eigenvalue weighted by atomic mass is 9.71. The summed E-state index contributed by atoms with van der Waals surface area (Å²) < 4.78 is 32.9. The number of aliphatic hydroxyl groups is 3. The first kappa shape index (κ1) is 48.4. The monoisotopic (exact) mass is 908 g/mol. The molecule has 0 bridgehead atoms. The first-order valence-electron chi connectivity index (χ1n) is 20.8. The number of phenols is 2. The third-order valence-electron chi connectivity index (χ3n) is 11.2. The minimum absolute atomic E-state index is 0.0519. The summed E-state index contributed by atoms with van der Waals surface area (Å²) in [7, 11) is 1.30. The fraction of sp³-hybridized carbons (Fsp3) is 0.455. The molecule has 21 nitrogen and oxygen atoms in total. The Balaban J connectivity index is 1.08. The van der Waals surface area contributed by atoms with Crippen LogP contribution >= 0.6 is 0 Å². The number of benzene rings is 3. The number of amides is 3. The number of aromatic hydroxyl groups is 2. The quantitative estimate of drug-likeness (QED) is 0.0469. The molecule has 0 spiro atoms. The second-order valence-corrected chi connectivity index (χ2v) is 15.7. The summed E-state index contributed by atoms with van der Waals surface area (Å²) >= 11 is 0. The van der Waals surface area contributed by atoms with E-state index in [0.717, 1.165) is 0 Å². The number of carbonyl (C=O) groups excluding carboxylic acids is 6. The molecule has 0 radical (unpaired) electrons. The lowest BCUT2D eigenvalue weighted by Gasteiger charge is -2.42. The highest BCUT2D eigenvalue weighted by Gasteiger charge is 2.50. The Kier molecular flexibility index (Phi) is 15.9. The minimum atomic E-state index is -2.40. The number of urea groups is 1. The van der Waals surface area contributed by atoms with Crippen molar-refractivity contribution in [1.82, 2.24) is 10.6 Å². The predicted molar refractivity (Wildman–Crippen MR) is 225 cm³/mol. The molecular weight excluding hydrogens is 856 g/mol. The van der Waals surface area contributed by atoms with E-state index in [-0.39, 0.29) is 92.8 Å². The van der Waals surface area contributed by atoms with Crippen LogP contribution < -0.4 is 26.4 Å². The number of alkyl carbamates (subject to hydrolysis) is 1. The lowest BCUT2D eigenvalue weighted by Crippen LogP contribution is -2.53. The number of hydrogen-bond acceptors (Lipinski definition) is 18. The van der Waals surface area contributed by atoms with Gasteiger partial charge in [-0.2, -0.15) is 0 Å². The highest BCUT2D eigenvalue weighted by atomic mass is 16.7. The number of methoxy groups -OCH3 is 1. The number of nitrogens with two attached hydrogens (primary N) is 1. The molecule has 1 heterocycles. The number of phenolic OH excluding ortho intramolecular Hbond substituents is 2. The average molecular weight is 909 g/mol. The van der Waals surface area contributed by atoms with Crippen LogP contribution in [0.3, 0.4) is 0 Å². The Bertz CT molecular complexity index is 2280. The van der Waals surface area contributed by atoms with E-state index >= 15 is 0 Å². The summed E-state index contributed by atoms with van der Waals surface area (Å²) in [5, 5.41) is 61.9. The summed E-state index contributed by atoms with van der Waals surface area (Å²) in [5.41, 5.74) is 2.82. The number of carbonyl (C=O) groups is 6. The molecule has 1 aliphatic heterocycles. The Hall–Kier alpha value is -6.04. The second-order valence-electron chi connectivity index (χ2n) is 15.7. The number of rotatable bonds is 19. The van der Waals surface area contributed by atoms with Crippen molar-refractivity contribution >= 4 is 40.9 Å². The Morgan fingerprint density at radius 3 is 2.31 bits per heavy atom. The summed E-state index contributed by atoms with van der Waals surface area (Å²) in [6, 6.07) is 9.02. The van der Waals surface area contributed by atoms with Gasteiger partial charge in [0.05, 0.1) is 88.2 Å². The summed E-state index contributed by atoms with van der Waals surface area (Å²) in [6.45, 7) is 1.09. The van der Waals surface area contributed by atoms with Crippen LogP contribution in [0.1, 0.15) is 80.8 Å². The van der Waals surface area contributed by atoms with Gasteiger partial charge in [0.1, 0.15) is 29.5 Å². The van der Waals surface area contributed by atoms with Crippen LogP contribution in [0.4, 0.5) is 15.3 Å². The average Bonchev–Trinajstić information content (AvgIpc) is 3.28. The first-order valence-corrected chi connectivity index (χ1v) is 20.8. The Labute approximate surface area is 372 Å². The maximum atomic E-state index is 14.0. The van der Waals surface area contributed by atoms with Gasteiger partial charge in [0.2, 0.25) is 5.78 Å². The largest absolute Gasteiger partial charge is 0.507 e. The molecular formula is C44H52N4O17. The number of ketones is 4. The number of nitrogens with one attached hydrogen (secondary N) is 3. The van der Waals surface area contributed by atoms with Crippen LogP contribution in [0.5, 0.6) is 17.2 Å². The SMILES string of the molecule is COc1cccc2c1C(=O)c1c(O)c3c(c(O)c1C2=O)C[C@@](O)(C(=O)CNC(=O)OCc1ccc(NC(=O)NCC(=O)CCOCCOCCO)cc1)C[C@@H]3OC1CC(N)C(O)C(C)O1. The van der Waals surface area contributed by atoms with E-state index in [2.05, 4.69) is 16.0 Å². The number of aliphatic hydroxyl groups excluding tert-OH is 2. The van der Waals surface area contributed by atoms with E-state index in [4.69, 9.17) is 39.3 Å². The molecule has 1 fully saturated rings. The molecule has 65 heavy (non-hydrogen) atoms. The first-order chi connectivity index (χ1) is 31.1. The van der Waals surface area contributed by atoms with Crippen molar-refractivity contribution in [2.75, 3.05) is 58.6 Å². The standard InChI is InChI=1S/C44H52N4O17/c1-22-37(52)28(45)16-32(64-22)65-30-18-44(59,17-27-34(30)41(56)36-35(39(27)54)38(53)26-4-3-5-29(60-2)33(26)40(36)55)31(51)20-47-43(58)63-21-23-6-8-24(9-7-23)48-42(57)46-19-25(50)10-12-61-14-15-62-13-11-49/h3-9,22,28,30,32,37,49,52,54,56,59H,10-21,45H2,1-2H3,(H,47,58)(H2,46,48,57)/t22?,28?,30-,32?,37?,44-/m0/s1. The van der Waals surface area contributed by atoms with E-state index in [1.807, 2.05) is 0 Å². The third kappa shape index (κ3) is 11.1. The van der Waals surface area contributed by atoms with Crippen molar-refractivity contribution in [3.8, 4) is 17.2 Å². The zero-order valence-corrected chi connectivity index (χ0v) is 35.6. The van der Waals surface area contributed by atoms with Gasteiger partial charge in [-0.05, 0) is 30.7 Å². The van der Waals surface area contributed by atoms with Gasteiger partial charge in [-0.15, -0.1) is 0 Å². The summed E-state index contributed by atoms with van der Waals surface area (Å²) in [4.78, 5) is 78.8. The molecule has 3 aliphatic rings. The highest BCUT2D eigenvalue weighted by Crippen LogP contribution is 2.52.